The van der Waals surface area contributed by atoms with Crippen molar-refractivity contribution in [2.75, 3.05) is 36.9 Å². The number of nitrogens with two attached hydrogens (primary N) is 1. The zero-order chi connectivity index (χ0) is 14.3. The van der Waals surface area contributed by atoms with E-state index in [0.29, 0.717) is 17.8 Å². The zero-order valence-corrected chi connectivity index (χ0v) is 12.3. The molecule has 1 heterocycles. The van der Waals surface area contributed by atoms with Crippen LogP contribution < -0.4 is 16.0 Å². The molecule has 0 aliphatic heterocycles. The monoisotopic (exact) mass is 286 g/mol. The lowest BCUT2D eigenvalue weighted by Crippen LogP contribution is -2.24. The molecule has 1 rings (SSSR count). The molecule has 0 unspecified atom stereocenters. The van der Waals surface area contributed by atoms with Gasteiger partial charge in [0.15, 0.2) is 5.13 Å². The van der Waals surface area contributed by atoms with E-state index in [9.17, 15) is 4.79 Å². The van der Waals surface area contributed by atoms with E-state index in [-0.39, 0.29) is 18.3 Å². The Morgan fingerprint density at radius 3 is 2.68 bits per heavy atom. The number of carbonyl (C=O) groups excluding carboxylic acids is 1. The predicted octanol–water partition coefficient (Wildman–Crippen LogP) is 1.07. The van der Waals surface area contributed by atoms with Crippen LogP contribution in [0.5, 0.6) is 0 Å². The molecule has 0 bridgehead atoms. The Labute approximate surface area is 117 Å². The molecule has 1 aromatic heterocycles. The number of nitrogens with zero attached hydrogens (tertiary/aromatic N) is 2. The van der Waals surface area contributed by atoms with E-state index in [4.69, 9.17) is 10.8 Å². The van der Waals surface area contributed by atoms with Crippen molar-refractivity contribution in [1.82, 2.24) is 10.3 Å². The second-order valence-electron chi connectivity index (χ2n) is 4.07. The van der Waals surface area contributed by atoms with Crippen molar-refractivity contribution in [3.8, 4) is 0 Å². The Kier molecular flexibility index (Phi) is 6.58. The van der Waals surface area contributed by atoms with Gasteiger partial charge in [0.25, 0.3) is 5.91 Å². The van der Waals surface area contributed by atoms with Crippen LogP contribution in [0.15, 0.2) is 0 Å². The minimum atomic E-state index is -0.189. The van der Waals surface area contributed by atoms with Crippen LogP contribution in [0.25, 0.3) is 0 Å². The first kappa shape index (κ1) is 15.7. The number of carbonyl (C=O) groups is 1. The maximum Gasteiger partial charge on any atom is 0.265 e. The Balaban J connectivity index is 2.64. The number of hydrogen-bond acceptors (Lipinski definition) is 6. The zero-order valence-electron chi connectivity index (χ0n) is 11.5. The van der Waals surface area contributed by atoms with Gasteiger partial charge < -0.3 is 21.1 Å². The Morgan fingerprint density at radius 2 is 2.11 bits per heavy atom. The average Bonchev–Trinajstić information content (AvgIpc) is 2.78. The van der Waals surface area contributed by atoms with Crippen LogP contribution in [-0.4, -0.2) is 42.2 Å². The van der Waals surface area contributed by atoms with Crippen molar-refractivity contribution in [3.05, 3.63) is 4.88 Å². The van der Waals surface area contributed by atoms with Crippen LogP contribution in [0.1, 0.15) is 36.4 Å². The molecule has 108 valence electrons. The number of nitrogen functional groups attached to an aromatic ring is 1. The summed E-state index contributed by atoms with van der Waals surface area (Å²) in [5.74, 6) is 0.0953. The van der Waals surface area contributed by atoms with Gasteiger partial charge in [0.2, 0.25) is 0 Å². The molecule has 0 aromatic carbocycles. The van der Waals surface area contributed by atoms with Crippen LogP contribution in [-0.2, 0) is 0 Å². The first-order valence-electron chi connectivity index (χ1n) is 6.54. The minimum Gasteiger partial charge on any atom is -0.396 e. The lowest BCUT2D eigenvalue weighted by atomic mass is 10.3. The van der Waals surface area contributed by atoms with Gasteiger partial charge in [0.05, 0.1) is 0 Å². The molecule has 19 heavy (non-hydrogen) atoms. The average molecular weight is 286 g/mol. The second-order valence-corrected chi connectivity index (χ2v) is 5.05. The summed E-state index contributed by atoms with van der Waals surface area (Å²) in [5.41, 5.74) is 5.79. The fourth-order valence-electron chi connectivity index (χ4n) is 1.63. The second kappa shape index (κ2) is 7.96. The number of aromatic nitrogens is 1. The van der Waals surface area contributed by atoms with E-state index in [2.05, 4.69) is 15.2 Å². The van der Waals surface area contributed by atoms with Gasteiger partial charge in [-0.2, -0.15) is 0 Å². The highest BCUT2D eigenvalue weighted by Crippen LogP contribution is 2.27. The molecule has 4 N–H and O–H groups in total. The van der Waals surface area contributed by atoms with Gasteiger partial charge in [-0.15, -0.1) is 0 Å². The first-order valence-corrected chi connectivity index (χ1v) is 7.35. The lowest BCUT2D eigenvalue weighted by molar-refractivity contribution is 0.0957. The van der Waals surface area contributed by atoms with Crippen molar-refractivity contribution in [2.24, 2.45) is 0 Å². The molecule has 0 spiro atoms. The Hall–Kier alpha value is -1.34. The summed E-state index contributed by atoms with van der Waals surface area (Å²) >= 11 is 1.32. The van der Waals surface area contributed by atoms with Crippen LogP contribution in [0.4, 0.5) is 10.9 Å². The fourth-order valence-corrected chi connectivity index (χ4v) is 2.66. The molecule has 0 aliphatic carbocycles. The molecular weight excluding hydrogens is 264 g/mol. The number of unbranched alkanes of at least 4 members (excludes halogenated alkanes) is 1. The highest BCUT2D eigenvalue weighted by Gasteiger charge is 2.17. The van der Waals surface area contributed by atoms with Crippen molar-refractivity contribution in [1.29, 1.82) is 0 Å². The third-order valence-electron chi connectivity index (χ3n) is 2.75. The summed E-state index contributed by atoms with van der Waals surface area (Å²) < 4.78 is 0. The smallest absolute Gasteiger partial charge is 0.265 e. The maximum atomic E-state index is 11.9. The molecule has 0 radical (unpaired) electrons. The third-order valence-corrected chi connectivity index (χ3v) is 3.88. The van der Waals surface area contributed by atoms with Gasteiger partial charge >= 0.3 is 0 Å². The number of amides is 1. The number of aliphatic hydroxyl groups is 1. The van der Waals surface area contributed by atoms with Gasteiger partial charge in [-0.3, -0.25) is 4.79 Å². The summed E-state index contributed by atoms with van der Waals surface area (Å²) in [7, 11) is 0. The summed E-state index contributed by atoms with van der Waals surface area (Å²) in [6, 6.07) is 0. The minimum absolute atomic E-state index is 0.144. The van der Waals surface area contributed by atoms with Crippen LogP contribution >= 0.6 is 11.3 Å². The topological polar surface area (TPSA) is 91.5 Å². The van der Waals surface area contributed by atoms with Gasteiger partial charge in [0, 0.05) is 26.2 Å². The van der Waals surface area contributed by atoms with Crippen LogP contribution in [0, 0.1) is 0 Å². The quantitative estimate of drug-likeness (QED) is 0.622. The summed E-state index contributed by atoms with van der Waals surface area (Å²) in [6.45, 7) is 6.43. The van der Waals surface area contributed by atoms with E-state index in [1.807, 2.05) is 13.8 Å². The standard InChI is InChI=1S/C12H22N4O2S/c1-3-16(4-2)12-15-10(13)9(19-12)11(18)14-7-5-6-8-17/h17H,3-8,13H2,1-2H3,(H,14,18). The SMILES string of the molecule is CCN(CC)c1nc(N)c(C(=O)NCCCCO)s1. The molecule has 1 amide bonds. The molecule has 0 fully saturated rings. The number of hydrogen-bond donors (Lipinski definition) is 3. The van der Waals surface area contributed by atoms with E-state index in [1.54, 1.807) is 0 Å². The molecule has 0 atom stereocenters. The molecule has 0 aliphatic rings. The summed E-state index contributed by atoms with van der Waals surface area (Å²) in [5, 5.41) is 12.2. The van der Waals surface area contributed by atoms with Gasteiger partial charge in [-0.05, 0) is 26.7 Å². The number of rotatable bonds is 8. The lowest BCUT2D eigenvalue weighted by Gasteiger charge is -2.16. The molecular formula is C12H22N4O2S. The van der Waals surface area contributed by atoms with Crippen molar-refractivity contribution >= 4 is 28.2 Å². The predicted molar refractivity (Wildman–Crippen MR) is 78.7 cm³/mol. The molecule has 6 nitrogen and oxygen atoms in total. The fraction of sp³-hybridized carbons (Fsp3) is 0.667. The summed E-state index contributed by atoms with van der Waals surface area (Å²) in [6.07, 6.45) is 1.44. The third kappa shape index (κ3) is 4.36. The summed E-state index contributed by atoms with van der Waals surface area (Å²) in [4.78, 5) is 18.7. The van der Waals surface area contributed by atoms with E-state index in [1.165, 1.54) is 11.3 Å². The van der Waals surface area contributed by atoms with Crippen molar-refractivity contribution in [3.63, 3.8) is 0 Å². The molecule has 0 saturated heterocycles. The van der Waals surface area contributed by atoms with E-state index in [0.717, 1.165) is 24.6 Å². The van der Waals surface area contributed by atoms with Gasteiger partial charge in [-0.25, -0.2) is 4.98 Å². The van der Waals surface area contributed by atoms with Crippen molar-refractivity contribution < 1.29 is 9.90 Å². The van der Waals surface area contributed by atoms with E-state index < -0.39 is 0 Å². The maximum absolute atomic E-state index is 11.9. The number of aliphatic hydroxyl groups excluding tert-OH is 1. The van der Waals surface area contributed by atoms with Crippen LogP contribution in [0.2, 0.25) is 0 Å². The van der Waals surface area contributed by atoms with Crippen molar-refractivity contribution in [2.45, 2.75) is 26.7 Å². The normalized spacial score (nSPS) is 10.5. The first-order chi connectivity index (χ1) is 9.13. The number of thiazole rings is 1. The number of nitrogens with one attached hydrogen (secondary N) is 1. The largest absolute Gasteiger partial charge is 0.396 e. The molecule has 1 aromatic rings. The molecule has 0 saturated carbocycles. The molecule has 7 heteroatoms. The van der Waals surface area contributed by atoms with E-state index >= 15 is 0 Å². The highest BCUT2D eigenvalue weighted by molar-refractivity contribution is 7.18. The van der Waals surface area contributed by atoms with Gasteiger partial charge in [0.1, 0.15) is 10.7 Å². The Morgan fingerprint density at radius 1 is 1.42 bits per heavy atom. The van der Waals surface area contributed by atoms with Gasteiger partial charge in [-0.1, -0.05) is 11.3 Å². The number of anilines is 2. The highest BCUT2D eigenvalue weighted by atomic mass is 32.1. The Bertz CT molecular complexity index is 404. The van der Waals surface area contributed by atoms with Crippen LogP contribution in [0.3, 0.4) is 0 Å².